The smallest absolute Gasteiger partial charge is 0.410 e. The number of rotatable bonds is 20. The van der Waals surface area contributed by atoms with Gasteiger partial charge in [0.1, 0.15) is 36.4 Å². The molecule has 0 aliphatic carbocycles. The van der Waals surface area contributed by atoms with Crippen molar-refractivity contribution in [3.8, 4) is 0 Å². The summed E-state index contributed by atoms with van der Waals surface area (Å²) in [5.41, 5.74) is 1.28. The summed E-state index contributed by atoms with van der Waals surface area (Å²) in [4.78, 5) is 122. The van der Waals surface area contributed by atoms with Crippen molar-refractivity contribution in [3.63, 3.8) is 0 Å². The zero-order valence-corrected chi connectivity index (χ0v) is 37.7. The Morgan fingerprint density at radius 2 is 1.47 bits per heavy atom. The van der Waals surface area contributed by atoms with Crippen LogP contribution in [-0.4, -0.2) is 126 Å². The molecule has 3 unspecified atom stereocenters. The highest BCUT2D eigenvalue weighted by atomic mass is 16.6. The molecule has 0 saturated carbocycles. The SMILES string of the molecule is CCCC(NC(=O)C1CC(OC(=O)N2CCc3ccccc3C2)CN1C(=O)[C@@H](NC(=O)[C@@H](NC(=O)CCCCC(=O)NC)C(C)C)C(C)C)C(=O)C(=O)NCC(=O)OC(C)(C)C. The van der Waals surface area contributed by atoms with Gasteiger partial charge in [-0.05, 0) is 69.4 Å². The van der Waals surface area contributed by atoms with Gasteiger partial charge >= 0.3 is 12.1 Å². The van der Waals surface area contributed by atoms with Crippen molar-refractivity contribution < 1.29 is 52.6 Å². The molecule has 2 aliphatic heterocycles. The van der Waals surface area contributed by atoms with Gasteiger partial charge in [0.15, 0.2) is 0 Å². The third kappa shape index (κ3) is 15.4. The second kappa shape index (κ2) is 23.6. The van der Waals surface area contributed by atoms with Crippen LogP contribution < -0.4 is 26.6 Å². The number of likely N-dealkylation sites (tertiary alicyclic amines) is 1. The van der Waals surface area contributed by atoms with E-state index in [9.17, 15) is 43.2 Å². The third-order valence-electron chi connectivity index (χ3n) is 10.6. The Labute approximate surface area is 364 Å². The quantitative estimate of drug-likeness (QED) is 0.0722. The highest BCUT2D eigenvalue weighted by Gasteiger charge is 2.46. The van der Waals surface area contributed by atoms with Gasteiger partial charge in [-0.1, -0.05) is 65.3 Å². The standard InChI is InChI=1S/C44H67N7O11/c1-10-15-31(38(55)41(58)46-23-35(54)62-44(6,7)8)47-39(56)32-22-30(61-43(60)50-21-20-28-16-11-12-17-29(28)24-50)25-51(32)42(59)37(27(4)5)49-40(57)36(26(2)3)48-34(53)19-14-13-18-33(52)45-9/h11-12,16-17,26-27,30-32,36-37H,10,13-15,18-25H2,1-9H3,(H,45,52)(H,46,58)(H,47,56)(H,48,53)(H,49,57)/t30?,31?,32?,36-,37-/m0/s1. The number of unbranched alkanes of at least 4 members (excludes halogenated alkanes) is 1. The summed E-state index contributed by atoms with van der Waals surface area (Å²) in [6, 6.07) is 2.94. The molecule has 7 amide bonds. The zero-order chi connectivity index (χ0) is 46.3. The van der Waals surface area contributed by atoms with Crippen LogP contribution in [-0.2, 0) is 60.8 Å². The molecule has 3 rings (SSSR count). The van der Waals surface area contributed by atoms with Gasteiger partial charge in [-0.3, -0.25) is 38.4 Å². The van der Waals surface area contributed by atoms with Crippen LogP contribution in [0.15, 0.2) is 24.3 Å². The maximum atomic E-state index is 14.6. The topological polar surface area (TPSA) is 239 Å². The van der Waals surface area contributed by atoms with Gasteiger partial charge in [0.25, 0.3) is 5.91 Å². The van der Waals surface area contributed by atoms with Crippen molar-refractivity contribution >= 4 is 53.3 Å². The van der Waals surface area contributed by atoms with E-state index in [4.69, 9.17) is 9.47 Å². The van der Waals surface area contributed by atoms with Crippen LogP contribution >= 0.6 is 0 Å². The average molecular weight is 870 g/mol. The summed E-state index contributed by atoms with van der Waals surface area (Å²) in [6.07, 6.45) is 0.592. The molecule has 1 saturated heterocycles. The molecule has 5 N–H and O–H groups in total. The molecule has 1 aromatic rings. The lowest BCUT2D eigenvalue weighted by molar-refractivity contribution is -0.155. The predicted molar refractivity (Wildman–Crippen MR) is 228 cm³/mol. The molecule has 18 nitrogen and oxygen atoms in total. The molecular weight excluding hydrogens is 803 g/mol. The van der Waals surface area contributed by atoms with E-state index < -0.39 is 95.7 Å². The summed E-state index contributed by atoms with van der Waals surface area (Å²) >= 11 is 0. The fraction of sp³-hybridized carbons (Fsp3) is 0.659. The largest absolute Gasteiger partial charge is 0.459 e. The first-order valence-electron chi connectivity index (χ1n) is 21.6. The van der Waals surface area contributed by atoms with Gasteiger partial charge in [-0.15, -0.1) is 0 Å². The van der Waals surface area contributed by atoms with Crippen molar-refractivity contribution in [1.82, 2.24) is 36.4 Å². The number of benzene rings is 1. The summed E-state index contributed by atoms with van der Waals surface area (Å²) in [6.45, 7) is 13.6. The van der Waals surface area contributed by atoms with Gasteiger partial charge in [-0.2, -0.15) is 0 Å². The van der Waals surface area contributed by atoms with E-state index >= 15 is 0 Å². The van der Waals surface area contributed by atoms with E-state index in [0.717, 1.165) is 11.1 Å². The fourth-order valence-corrected chi connectivity index (χ4v) is 7.26. The van der Waals surface area contributed by atoms with E-state index in [-0.39, 0.29) is 44.1 Å². The number of nitrogens with one attached hydrogen (secondary N) is 5. The Bertz CT molecular complexity index is 1790. The minimum Gasteiger partial charge on any atom is -0.459 e. The maximum absolute atomic E-state index is 14.6. The Kier molecular flexibility index (Phi) is 19.3. The third-order valence-corrected chi connectivity index (χ3v) is 10.6. The molecule has 5 atom stereocenters. The molecule has 2 aliphatic rings. The number of hydrogen-bond acceptors (Lipinski definition) is 11. The first-order chi connectivity index (χ1) is 29.1. The molecule has 0 spiro atoms. The molecule has 1 fully saturated rings. The van der Waals surface area contributed by atoms with Crippen LogP contribution in [0.5, 0.6) is 0 Å². The molecule has 0 radical (unpaired) electrons. The van der Waals surface area contributed by atoms with Gasteiger partial charge in [0.05, 0.1) is 12.6 Å². The van der Waals surface area contributed by atoms with Crippen molar-refractivity contribution in [2.75, 3.05) is 26.7 Å². The van der Waals surface area contributed by atoms with Crippen molar-refractivity contribution in [1.29, 1.82) is 0 Å². The Hall–Kier alpha value is -5.55. The number of amides is 7. The lowest BCUT2D eigenvalue weighted by Gasteiger charge is -2.32. The molecule has 62 heavy (non-hydrogen) atoms. The molecule has 344 valence electrons. The summed E-state index contributed by atoms with van der Waals surface area (Å²) in [5.74, 6) is -6.36. The molecule has 1 aromatic carbocycles. The highest BCUT2D eigenvalue weighted by molar-refractivity contribution is 6.38. The van der Waals surface area contributed by atoms with Gasteiger partial charge in [0.2, 0.25) is 35.3 Å². The number of esters is 1. The summed E-state index contributed by atoms with van der Waals surface area (Å²) < 4.78 is 11.1. The Morgan fingerprint density at radius 3 is 2.06 bits per heavy atom. The van der Waals surface area contributed by atoms with Crippen molar-refractivity contribution in [2.24, 2.45) is 11.8 Å². The van der Waals surface area contributed by atoms with E-state index in [1.165, 1.54) is 11.9 Å². The molecule has 0 aromatic heterocycles. The molecule has 2 heterocycles. The van der Waals surface area contributed by atoms with E-state index in [1.54, 1.807) is 60.3 Å². The number of ether oxygens (including phenoxy) is 2. The van der Waals surface area contributed by atoms with Gasteiger partial charge in [-0.25, -0.2) is 4.79 Å². The van der Waals surface area contributed by atoms with E-state index in [0.29, 0.717) is 38.8 Å². The predicted octanol–water partition coefficient (Wildman–Crippen LogP) is 2.05. The summed E-state index contributed by atoms with van der Waals surface area (Å²) in [7, 11) is 1.53. The van der Waals surface area contributed by atoms with Crippen LogP contribution in [0.1, 0.15) is 111 Å². The first kappa shape index (κ1) is 50.8. The average Bonchev–Trinajstić information content (AvgIpc) is 3.64. The molecular formula is C44H67N7O11. The normalized spacial score (nSPS) is 17.5. The number of nitrogens with zero attached hydrogens (tertiary/aromatic N) is 2. The maximum Gasteiger partial charge on any atom is 0.410 e. The lowest BCUT2D eigenvalue weighted by atomic mass is 9.98. The number of carbonyl (C=O) groups is 9. The second-order valence-corrected chi connectivity index (χ2v) is 17.6. The monoisotopic (exact) mass is 869 g/mol. The number of fused-ring (bicyclic) bond motifs is 1. The van der Waals surface area contributed by atoms with Crippen LogP contribution in [0.2, 0.25) is 0 Å². The lowest BCUT2D eigenvalue weighted by Crippen LogP contribution is -2.59. The summed E-state index contributed by atoms with van der Waals surface area (Å²) in [5, 5.41) is 12.9. The van der Waals surface area contributed by atoms with Crippen molar-refractivity contribution in [3.05, 3.63) is 35.4 Å². The van der Waals surface area contributed by atoms with Gasteiger partial charge < -0.3 is 45.9 Å². The number of Topliss-reactive ketones (excluding diaryl/α,β-unsaturated/α-hetero) is 1. The fourth-order valence-electron chi connectivity index (χ4n) is 7.26. The first-order valence-corrected chi connectivity index (χ1v) is 21.6. The number of hydrogen-bond donors (Lipinski definition) is 5. The zero-order valence-electron chi connectivity index (χ0n) is 37.7. The van der Waals surface area contributed by atoms with Crippen molar-refractivity contribution in [2.45, 2.75) is 149 Å². The Balaban J connectivity index is 1.83. The molecule has 0 bridgehead atoms. The van der Waals surface area contributed by atoms with E-state index in [1.807, 2.05) is 24.3 Å². The Morgan fingerprint density at radius 1 is 0.839 bits per heavy atom. The molecule has 18 heteroatoms. The van der Waals surface area contributed by atoms with Gasteiger partial charge in [0, 0.05) is 39.4 Å². The van der Waals surface area contributed by atoms with Crippen LogP contribution in [0, 0.1) is 11.8 Å². The number of carbonyl (C=O) groups excluding carboxylic acids is 9. The highest BCUT2D eigenvalue weighted by Crippen LogP contribution is 2.26. The number of ketones is 1. The van der Waals surface area contributed by atoms with Crippen LogP contribution in [0.4, 0.5) is 4.79 Å². The second-order valence-electron chi connectivity index (χ2n) is 17.6. The van der Waals surface area contributed by atoms with Crippen LogP contribution in [0.3, 0.4) is 0 Å². The van der Waals surface area contributed by atoms with Crippen LogP contribution in [0.25, 0.3) is 0 Å². The van der Waals surface area contributed by atoms with E-state index in [2.05, 4.69) is 26.6 Å². The minimum absolute atomic E-state index is 0.0566. The minimum atomic E-state index is -1.32.